The van der Waals surface area contributed by atoms with Crippen molar-refractivity contribution in [3.05, 3.63) is 0 Å². The number of hydrogen-bond donors (Lipinski definition) is 1. The highest BCUT2D eigenvalue weighted by atomic mass is 16.6. The Kier molecular flexibility index (Phi) is 4.10. The van der Waals surface area contributed by atoms with Crippen LogP contribution < -0.4 is 0 Å². The SMILES string of the molecule is CO/N=C(\CC(C)=O)C(C)=N. The molecule has 0 saturated carbocycles. The minimum Gasteiger partial charge on any atom is -0.399 e. The fraction of sp³-hybridized carbons (Fsp3) is 0.571. The van der Waals surface area contributed by atoms with E-state index >= 15 is 0 Å². The van der Waals surface area contributed by atoms with Gasteiger partial charge in [-0.05, 0) is 13.8 Å². The van der Waals surface area contributed by atoms with Gasteiger partial charge in [0, 0.05) is 0 Å². The van der Waals surface area contributed by atoms with Crippen molar-refractivity contribution >= 4 is 17.2 Å². The second kappa shape index (κ2) is 4.60. The molecule has 0 aliphatic heterocycles. The number of oxime groups is 1. The summed E-state index contributed by atoms with van der Waals surface area (Å²) in [5.41, 5.74) is 0.655. The molecule has 0 heterocycles. The Hall–Kier alpha value is -1.19. The van der Waals surface area contributed by atoms with E-state index in [1.165, 1.54) is 14.0 Å². The van der Waals surface area contributed by atoms with Crippen LogP contribution in [-0.2, 0) is 9.63 Å². The van der Waals surface area contributed by atoms with Gasteiger partial charge in [0.25, 0.3) is 0 Å². The van der Waals surface area contributed by atoms with E-state index < -0.39 is 0 Å². The number of carbonyl (C=O) groups is 1. The molecule has 0 amide bonds. The molecule has 0 fully saturated rings. The maximum absolute atomic E-state index is 10.6. The van der Waals surface area contributed by atoms with Crippen LogP contribution >= 0.6 is 0 Å². The first-order chi connectivity index (χ1) is 5.07. The van der Waals surface area contributed by atoms with Gasteiger partial charge in [-0.15, -0.1) is 0 Å². The van der Waals surface area contributed by atoms with Crippen molar-refractivity contribution in [3.8, 4) is 0 Å². The molecule has 62 valence electrons. The molecule has 11 heavy (non-hydrogen) atoms. The summed E-state index contributed by atoms with van der Waals surface area (Å²) < 4.78 is 0. The van der Waals surface area contributed by atoms with Crippen LogP contribution in [0.25, 0.3) is 0 Å². The normalized spacial score (nSPS) is 11.0. The first-order valence-electron chi connectivity index (χ1n) is 3.23. The lowest BCUT2D eigenvalue weighted by Gasteiger charge is -1.98. The average molecular weight is 156 g/mol. The maximum atomic E-state index is 10.6. The molecule has 0 aromatic carbocycles. The van der Waals surface area contributed by atoms with Crippen LogP contribution in [0.4, 0.5) is 0 Å². The second-order valence-electron chi connectivity index (χ2n) is 2.22. The third-order valence-corrected chi connectivity index (χ3v) is 1.05. The second-order valence-corrected chi connectivity index (χ2v) is 2.22. The lowest BCUT2D eigenvalue weighted by atomic mass is 10.1. The molecule has 1 N–H and O–H groups in total. The van der Waals surface area contributed by atoms with E-state index in [1.54, 1.807) is 6.92 Å². The van der Waals surface area contributed by atoms with Crippen LogP contribution in [0.3, 0.4) is 0 Å². The summed E-state index contributed by atoms with van der Waals surface area (Å²) in [6.45, 7) is 3.02. The van der Waals surface area contributed by atoms with E-state index in [-0.39, 0.29) is 17.9 Å². The lowest BCUT2D eigenvalue weighted by Crippen LogP contribution is -2.13. The van der Waals surface area contributed by atoms with E-state index in [1.807, 2.05) is 0 Å². The summed E-state index contributed by atoms with van der Waals surface area (Å²) in [7, 11) is 1.39. The maximum Gasteiger partial charge on any atom is 0.135 e. The minimum atomic E-state index is -0.0209. The van der Waals surface area contributed by atoms with Crippen LogP contribution in [0.5, 0.6) is 0 Å². The molecule has 0 bridgehead atoms. The van der Waals surface area contributed by atoms with Gasteiger partial charge in [-0.1, -0.05) is 5.16 Å². The molecule has 0 aliphatic carbocycles. The Labute approximate surface area is 65.7 Å². The fourth-order valence-corrected chi connectivity index (χ4v) is 0.579. The number of carbonyl (C=O) groups excluding carboxylic acids is 1. The van der Waals surface area contributed by atoms with Gasteiger partial charge in [0.2, 0.25) is 0 Å². The molecule has 0 radical (unpaired) electrons. The third kappa shape index (κ3) is 4.25. The summed E-state index contributed by atoms with van der Waals surface area (Å²) in [5, 5.41) is 10.7. The highest BCUT2D eigenvalue weighted by Gasteiger charge is 2.05. The first-order valence-corrected chi connectivity index (χ1v) is 3.23. The smallest absolute Gasteiger partial charge is 0.135 e. The molecule has 0 aliphatic rings. The van der Waals surface area contributed by atoms with Gasteiger partial charge in [0.15, 0.2) is 0 Å². The molecule has 0 spiro atoms. The van der Waals surface area contributed by atoms with Crippen LogP contribution in [0.15, 0.2) is 5.16 Å². The van der Waals surface area contributed by atoms with E-state index in [0.717, 1.165) is 0 Å². The van der Waals surface area contributed by atoms with E-state index in [9.17, 15) is 4.79 Å². The van der Waals surface area contributed by atoms with Crippen LogP contribution in [-0.4, -0.2) is 24.3 Å². The van der Waals surface area contributed by atoms with Gasteiger partial charge in [-0.3, -0.25) is 4.79 Å². The van der Waals surface area contributed by atoms with Crippen molar-refractivity contribution in [2.45, 2.75) is 20.3 Å². The van der Waals surface area contributed by atoms with Gasteiger partial charge in [0.1, 0.15) is 18.6 Å². The average Bonchev–Trinajstić information content (AvgIpc) is 1.86. The zero-order chi connectivity index (χ0) is 8.85. The Morgan fingerprint density at radius 1 is 1.55 bits per heavy atom. The summed E-state index contributed by atoms with van der Waals surface area (Å²) in [5.74, 6) is -0.0209. The van der Waals surface area contributed by atoms with Gasteiger partial charge >= 0.3 is 0 Å². The quantitative estimate of drug-likeness (QED) is 0.487. The van der Waals surface area contributed by atoms with Gasteiger partial charge in [-0.25, -0.2) is 0 Å². The van der Waals surface area contributed by atoms with E-state index in [0.29, 0.717) is 5.71 Å². The van der Waals surface area contributed by atoms with Gasteiger partial charge in [0.05, 0.1) is 12.1 Å². The first kappa shape index (κ1) is 9.81. The summed E-state index contributed by atoms with van der Waals surface area (Å²) in [6, 6.07) is 0. The van der Waals surface area contributed by atoms with E-state index in [4.69, 9.17) is 5.41 Å². The minimum absolute atomic E-state index is 0.0209. The van der Waals surface area contributed by atoms with Crippen LogP contribution in [0.2, 0.25) is 0 Å². The standard InChI is InChI=1S/C7H12N2O2/c1-5(10)4-7(6(2)8)9-11-3/h8H,4H2,1-3H3/b8-6?,9-7+. The van der Waals surface area contributed by atoms with Crippen molar-refractivity contribution in [1.82, 2.24) is 0 Å². The Balaban J connectivity index is 4.23. The molecule has 0 aromatic heterocycles. The zero-order valence-electron chi connectivity index (χ0n) is 6.97. The topological polar surface area (TPSA) is 62.5 Å². The largest absolute Gasteiger partial charge is 0.399 e. The Morgan fingerprint density at radius 2 is 2.09 bits per heavy atom. The summed E-state index contributed by atoms with van der Waals surface area (Å²) >= 11 is 0. The highest BCUT2D eigenvalue weighted by Crippen LogP contribution is 1.91. The van der Waals surface area contributed by atoms with Crippen molar-refractivity contribution in [3.63, 3.8) is 0 Å². The molecule has 4 heteroatoms. The molecule has 0 unspecified atom stereocenters. The molecule has 0 rings (SSSR count). The van der Waals surface area contributed by atoms with Crippen molar-refractivity contribution < 1.29 is 9.63 Å². The third-order valence-electron chi connectivity index (χ3n) is 1.05. The zero-order valence-corrected chi connectivity index (χ0v) is 6.97. The lowest BCUT2D eigenvalue weighted by molar-refractivity contribution is -0.115. The highest BCUT2D eigenvalue weighted by molar-refractivity contribution is 6.42. The Bertz CT molecular complexity index is 197. The van der Waals surface area contributed by atoms with E-state index in [2.05, 4.69) is 9.99 Å². The number of rotatable bonds is 4. The monoisotopic (exact) mass is 156 g/mol. The molecule has 0 aromatic rings. The van der Waals surface area contributed by atoms with Gasteiger partial charge in [-0.2, -0.15) is 0 Å². The van der Waals surface area contributed by atoms with Crippen LogP contribution in [0, 0.1) is 5.41 Å². The van der Waals surface area contributed by atoms with Crippen molar-refractivity contribution in [2.24, 2.45) is 5.16 Å². The molecular formula is C7H12N2O2. The fourth-order valence-electron chi connectivity index (χ4n) is 0.579. The predicted molar refractivity (Wildman–Crippen MR) is 43.1 cm³/mol. The van der Waals surface area contributed by atoms with Gasteiger partial charge < -0.3 is 10.2 Å². The number of hydrogen-bond acceptors (Lipinski definition) is 4. The van der Waals surface area contributed by atoms with Crippen molar-refractivity contribution in [1.29, 1.82) is 5.41 Å². The van der Waals surface area contributed by atoms with Crippen molar-refractivity contribution in [2.75, 3.05) is 7.11 Å². The molecule has 0 saturated heterocycles. The molecule has 4 nitrogen and oxygen atoms in total. The Morgan fingerprint density at radius 3 is 2.36 bits per heavy atom. The van der Waals surface area contributed by atoms with Crippen LogP contribution in [0.1, 0.15) is 20.3 Å². The number of nitrogens with zero attached hydrogens (tertiary/aromatic N) is 1. The molecular weight excluding hydrogens is 144 g/mol. The number of ketones is 1. The summed E-state index contributed by atoms with van der Waals surface area (Å²) in [4.78, 5) is 15.1. The predicted octanol–water partition coefficient (Wildman–Crippen LogP) is 1.01. The summed E-state index contributed by atoms with van der Waals surface area (Å²) in [6.07, 6.45) is 0.170. The molecule has 0 atom stereocenters. The number of Topliss-reactive ketones (excluding diaryl/α,β-unsaturated/α-hetero) is 1. The number of nitrogens with one attached hydrogen (secondary N) is 1.